The minimum Gasteiger partial charge on any atom is -0.457 e. The van der Waals surface area contributed by atoms with Crippen molar-refractivity contribution in [3.63, 3.8) is 0 Å². The molecule has 0 spiro atoms. The number of sulfone groups is 1. The molecule has 2 N–H and O–H groups in total. The molecule has 36 heavy (non-hydrogen) atoms. The fourth-order valence-electron chi connectivity index (χ4n) is 3.57. The van der Waals surface area contributed by atoms with Gasteiger partial charge in [0, 0.05) is 30.4 Å². The maximum absolute atomic E-state index is 13.4. The van der Waals surface area contributed by atoms with Crippen molar-refractivity contribution in [2.75, 3.05) is 34.5 Å². The van der Waals surface area contributed by atoms with Gasteiger partial charge in [-0.25, -0.2) is 22.4 Å². The lowest BCUT2D eigenvalue weighted by Crippen LogP contribution is -2.43. The summed E-state index contributed by atoms with van der Waals surface area (Å²) in [6.45, 7) is 7.91. The summed E-state index contributed by atoms with van der Waals surface area (Å²) in [5.41, 5.74) is 1.09. The Morgan fingerprint density at radius 3 is 2.72 bits per heavy atom. The first-order valence-electron chi connectivity index (χ1n) is 11.2. The molecule has 1 aliphatic heterocycles. The van der Waals surface area contributed by atoms with Gasteiger partial charge in [-0.3, -0.25) is 9.47 Å². The Hall–Kier alpha value is -3.38. The van der Waals surface area contributed by atoms with Crippen LogP contribution in [0.25, 0.3) is 0 Å². The summed E-state index contributed by atoms with van der Waals surface area (Å²) in [6, 6.07) is 7.73. The summed E-state index contributed by atoms with van der Waals surface area (Å²) in [7, 11) is -5.22. The Kier molecular flexibility index (Phi) is 8.75. The van der Waals surface area contributed by atoms with E-state index in [4.69, 9.17) is 4.74 Å². The molecular weight excluding hydrogens is 504 g/mol. The number of carbonyl (C=O) groups is 2. The first-order valence-corrected chi connectivity index (χ1v) is 14.3. The molecule has 0 saturated heterocycles. The average Bonchev–Trinajstić information content (AvgIpc) is 3.26. The van der Waals surface area contributed by atoms with E-state index in [1.54, 1.807) is 30.5 Å². The number of carbonyl (C=O) groups excluding carboxylic acids is 2. The van der Waals surface area contributed by atoms with Crippen LogP contribution in [0.4, 0.5) is 11.4 Å². The summed E-state index contributed by atoms with van der Waals surface area (Å²) >= 11 is 0. The number of benzene rings is 1. The second kappa shape index (κ2) is 11.6. The molecule has 3 rings (SSSR count). The zero-order valence-electron chi connectivity index (χ0n) is 20.4. The van der Waals surface area contributed by atoms with E-state index in [0.29, 0.717) is 24.3 Å². The number of hydrogen-bond acceptors (Lipinski definition) is 7. The van der Waals surface area contributed by atoms with Gasteiger partial charge in [0.25, 0.3) is 0 Å². The predicted molar refractivity (Wildman–Crippen MR) is 140 cm³/mol. The number of fused-ring (bicyclic) bond motifs is 1. The molecule has 1 aliphatic rings. The van der Waals surface area contributed by atoms with Crippen molar-refractivity contribution in [3.8, 4) is 0 Å². The van der Waals surface area contributed by atoms with Gasteiger partial charge in [0.15, 0.2) is 0 Å². The molecular formula is C24H30N4O6S2. The van der Waals surface area contributed by atoms with Crippen molar-refractivity contribution in [1.82, 2.24) is 4.68 Å². The maximum atomic E-state index is 13.4. The highest BCUT2D eigenvalue weighted by Crippen LogP contribution is 2.33. The number of hydrogen-bond donors (Lipinski definition) is 2. The third-order valence-corrected chi connectivity index (χ3v) is 7.29. The highest BCUT2D eigenvalue weighted by atomic mass is 32.2. The molecule has 0 radical (unpaired) electrons. The Bertz CT molecular complexity index is 1310. The lowest BCUT2D eigenvalue weighted by atomic mass is 10.1. The molecule has 0 fully saturated rings. The smallest absolute Gasteiger partial charge is 0.357 e. The summed E-state index contributed by atoms with van der Waals surface area (Å²) in [4.78, 5) is 25.9. The van der Waals surface area contributed by atoms with E-state index in [0.717, 1.165) is 5.41 Å². The van der Waals surface area contributed by atoms with Crippen LogP contribution < -0.4 is 15.0 Å². The predicted octanol–water partition coefficient (Wildman–Crippen LogP) is 3.18. The van der Waals surface area contributed by atoms with Crippen LogP contribution in [-0.2, 0) is 30.4 Å². The fraction of sp³-hybridized carbons (Fsp3) is 0.333. The van der Waals surface area contributed by atoms with Crippen LogP contribution in [0.1, 0.15) is 37.2 Å². The van der Waals surface area contributed by atoms with E-state index in [2.05, 4.69) is 16.6 Å². The van der Waals surface area contributed by atoms with Crippen LogP contribution in [0.5, 0.6) is 0 Å². The monoisotopic (exact) mass is 534 g/mol. The van der Waals surface area contributed by atoms with Crippen molar-refractivity contribution >= 4 is 44.1 Å². The quantitative estimate of drug-likeness (QED) is 0.335. The normalized spacial score (nSPS) is 14.7. The van der Waals surface area contributed by atoms with Crippen LogP contribution in [0, 0.1) is 5.92 Å². The van der Waals surface area contributed by atoms with Gasteiger partial charge in [-0.2, -0.15) is 0 Å². The number of nitrogens with zero attached hydrogens (tertiary/aromatic N) is 2. The van der Waals surface area contributed by atoms with Crippen LogP contribution in [0.2, 0.25) is 0 Å². The summed E-state index contributed by atoms with van der Waals surface area (Å²) < 4.78 is 46.6. The van der Waals surface area contributed by atoms with E-state index in [-0.39, 0.29) is 35.2 Å². The molecule has 1 aromatic carbocycles. The lowest BCUT2D eigenvalue weighted by Gasteiger charge is -2.28. The lowest BCUT2D eigenvalue weighted by molar-refractivity contribution is -0.119. The van der Waals surface area contributed by atoms with E-state index in [1.165, 1.54) is 28.1 Å². The first kappa shape index (κ1) is 27.2. The van der Waals surface area contributed by atoms with Crippen molar-refractivity contribution in [2.24, 2.45) is 5.92 Å². The molecule has 2 heterocycles. The second-order valence-corrected chi connectivity index (χ2v) is 11.5. The van der Waals surface area contributed by atoms with Gasteiger partial charge in [-0.15, -0.1) is 0 Å². The molecule has 1 amide bonds. The molecule has 1 atom stereocenters. The number of aromatic nitrogens is 1. The minimum atomic E-state index is -3.86. The summed E-state index contributed by atoms with van der Waals surface area (Å²) in [5.74, 6) is -0.723. The van der Waals surface area contributed by atoms with Crippen LogP contribution in [0.3, 0.4) is 0 Å². The van der Waals surface area contributed by atoms with E-state index < -0.39 is 32.7 Å². The molecule has 1 aromatic heterocycles. The molecule has 0 saturated carbocycles. The number of ether oxygens (including phenoxy) is 1. The topological polar surface area (TPSA) is 127 Å². The number of anilines is 2. The first-order chi connectivity index (χ1) is 17.0. The maximum Gasteiger partial charge on any atom is 0.357 e. The molecule has 1 unspecified atom stereocenters. The Morgan fingerprint density at radius 2 is 2.06 bits per heavy atom. The molecule has 12 heteroatoms. The van der Waals surface area contributed by atoms with Gasteiger partial charge >= 0.3 is 5.97 Å². The van der Waals surface area contributed by atoms with Gasteiger partial charge in [-0.1, -0.05) is 26.5 Å². The Labute approximate surface area is 213 Å². The van der Waals surface area contributed by atoms with E-state index in [9.17, 15) is 22.2 Å². The van der Waals surface area contributed by atoms with Crippen molar-refractivity contribution < 1.29 is 27.0 Å². The van der Waals surface area contributed by atoms with Crippen molar-refractivity contribution in [1.29, 1.82) is 0 Å². The van der Waals surface area contributed by atoms with E-state index in [1.807, 2.05) is 13.8 Å². The Balaban J connectivity index is 1.87. The fourth-order valence-corrected chi connectivity index (χ4v) is 5.39. The molecule has 0 aliphatic carbocycles. The van der Waals surface area contributed by atoms with Crippen LogP contribution in [-0.4, -0.2) is 48.6 Å². The average molecular weight is 535 g/mol. The number of rotatable bonds is 11. The van der Waals surface area contributed by atoms with Crippen LogP contribution in [0.15, 0.2) is 65.2 Å². The highest BCUT2D eigenvalue weighted by molar-refractivity contribution is 7.94. The van der Waals surface area contributed by atoms with Crippen LogP contribution >= 0.6 is 0 Å². The van der Waals surface area contributed by atoms with Crippen molar-refractivity contribution in [2.45, 2.75) is 31.6 Å². The number of amides is 1. The van der Waals surface area contributed by atoms with Gasteiger partial charge in [0.1, 0.15) is 23.3 Å². The van der Waals surface area contributed by atoms with Gasteiger partial charge < -0.3 is 14.8 Å². The van der Waals surface area contributed by atoms with Gasteiger partial charge in [0.05, 0.1) is 22.4 Å². The molecule has 0 bridgehead atoms. The SMILES string of the molecule is C=CCOC(=O)c1cccn1N(CCC(C)C)C(=O)CC1=CS(=O)(=O)c2cc(NS(C)=O)ccc2N1. The highest BCUT2D eigenvalue weighted by Gasteiger charge is 2.28. The zero-order chi connectivity index (χ0) is 26.5. The Morgan fingerprint density at radius 1 is 1.31 bits per heavy atom. The largest absolute Gasteiger partial charge is 0.457 e. The number of nitrogens with one attached hydrogen (secondary N) is 2. The third-order valence-electron chi connectivity index (χ3n) is 5.22. The second-order valence-electron chi connectivity index (χ2n) is 8.58. The molecule has 2 aromatic rings. The standard InChI is InChI=1S/C24H30N4O6S2/c1-5-13-34-24(30)21-7-6-11-27(21)28(12-10-17(2)3)23(29)15-19-16-36(32,33)22-14-18(26-35(4)31)8-9-20(22)25-19/h5-9,11,14,16-17,25-26H,1,10,12-13,15H2,2-4H3. The molecule has 10 nitrogen and oxygen atoms in total. The number of esters is 1. The zero-order valence-corrected chi connectivity index (χ0v) is 22.0. The van der Waals surface area contributed by atoms with Gasteiger partial charge in [0.2, 0.25) is 15.7 Å². The molecule has 194 valence electrons. The minimum absolute atomic E-state index is 0.0171. The van der Waals surface area contributed by atoms with E-state index >= 15 is 0 Å². The van der Waals surface area contributed by atoms with Gasteiger partial charge in [-0.05, 0) is 42.7 Å². The third kappa shape index (κ3) is 6.64. The van der Waals surface area contributed by atoms with Crippen molar-refractivity contribution in [3.05, 3.63) is 66.0 Å². The summed E-state index contributed by atoms with van der Waals surface area (Å²) in [5, 5.41) is 5.45. The summed E-state index contributed by atoms with van der Waals surface area (Å²) in [6.07, 6.45) is 4.90.